The van der Waals surface area contributed by atoms with Crippen LogP contribution in [0, 0.1) is 18.3 Å². The summed E-state index contributed by atoms with van der Waals surface area (Å²) in [5, 5.41) is 12.2. The SMILES string of the molecule is [CH2][C@@H]1CC[C@@](C)(CCC)[C@@]1(C)[O-]. The largest absolute Gasteiger partial charge is 0.849 e. The van der Waals surface area contributed by atoms with Crippen LogP contribution in [0.5, 0.6) is 0 Å². The molecule has 12 heavy (non-hydrogen) atoms. The molecule has 0 spiro atoms. The summed E-state index contributed by atoms with van der Waals surface area (Å²) >= 11 is 0. The Kier molecular flexibility index (Phi) is 2.53. The molecule has 1 aliphatic rings. The molecule has 0 amide bonds. The van der Waals surface area contributed by atoms with Gasteiger partial charge in [-0.25, -0.2) is 0 Å². The Morgan fingerprint density at radius 2 is 2.08 bits per heavy atom. The predicted molar refractivity (Wildman–Crippen MR) is 49.5 cm³/mol. The molecule has 1 aliphatic carbocycles. The first-order chi connectivity index (χ1) is 5.44. The van der Waals surface area contributed by atoms with Gasteiger partial charge in [0.25, 0.3) is 0 Å². The normalized spacial score (nSPS) is 48.2. The topological polar surface area (TPSA) is 23.1 Å². The summed E-state index contributed by atoms with van der Waals surface area (Å²) in [6.45, 7) is 10.1. The lowest BCUT2D eigenvalue weighted by molar-refractivity contribution is -0.504. The fourth-order valence-electron chi connectivity index (χ4n) is 2.43. The molecule has 0 N–H and O–H groups in total. The minimum absolute atomic E-state index is 0.00579. The molecule has 1 rings (SSSR count). The van der Waals surface area contributed by atoms with Crippen LogP contribution in [0.15, 0.2) is 0 Å². The molecule has 1 heteroatoms. The molecule has 0 saturated heterocycles. The van der Waals surface area contributed by atoms with E-state index >= 15 is 0 Å². The van der Waals surface area contributed by atoms with E-state index in [1.807, 2.05) is 6.92 Å². The van der Waals surface area contributed by atoms with Gasteiger partial charge >= 0.3 is 0 Å². The number of hydrogen-bond acceptors (Lipinski definition) is 1. The summed E-state index contributed by atoms with van der Waals surface area (Å²) in [6.07, 6.45) is 4.24. The summed E-state index contributed by atoms with van der Waals surface area (Å²) in [7, 11) is 0. The van der Waals surface area contributed by atoms with E-state index in [0.717, 1.165) is 25.7 Å². The average Bonchev–Trinajstić information content (AvgIpc) is 2.16. The molecule has 71 valence electrons. The molecule has 1 saturated carbocycles. The molecule has 0 aromatic carbocycles. The van der Waals surface area contributed by atoms with Crippen LogP contribution in [0.1, 0.15) is 46.5 Å². The Morgan fingerprint density at radius 3 is 2.42 bits per heavy atom. The standard InChI is InChI=1S/C11H20O/c1-5-7-10(3)8-6-9(2)11(10,4)12/h9H,2,5-8H2,1,3-4H3/q-1/t9-,10-,11+/m1/s1. The van der Waals surface area contributed by atoms with Gasteiger partial charge in [0, 0.05) is 0 Å². The van der Waals surface area contributed by atoms with Crippen LogP contribution in [0.25, 0.3) is 0 Å². The van der Waals surface area contributed by atoms with Gasteiger partial charge in [0.15, 0.2) is 0 Å². The first kappa shape index (κ1) is 10.0. The van der Waals surface area contributed by atoms with Crippen molar-refractivity contribution in [2.75, 3.05) is 0 Å². The lowest BCUT2D eigenvalue weighted by Crippen LogP contribution is -2.54. The highest BCUT2D eigenvalue weighted by Gasteiger charge is 2.43. The fraction of sp³-hybridized carbons (Fsp3) is 0.909. The highest BCUT2D eigenvalue weighted by molar-refractivity contribution is 5.02. The van der Waals surface area contributed by atoms with Crippen molar-refractivity contribution in [3.63, 3.8) is 0 Å². The van der Waals surface area contributed by atoms with Crippen molar-refractivity contribution >= 4 is 0 Å². The molecule has 0 bridgehead atoms. The third-order valence-electron chi connectivity index (χ3n) is 3.82. The molecular weight excluding hydrogens is 148 g/mol. The molecule has 0 unspecified atom stereocenters. The first-order valence-electron chi connectivity index (χ1n) is 4.97. The maximum Gasteiger partial charge on any atom is -0.0422 e. The van der Waals surface area contributed by atoms with E-state index in [-0.39, 0.29) is 11.3 Å². The van der Waals surface area contributed by atoms with Gasteiger partial charge in [-0.05, 0) is 18.3 Å². The second kappa shape index (κ2) is 3.02. The van der Waals surface area contributed by atoms with E-state index < -0.39 is 5.60 Å². The third kappa shape index (κ3) is 1.28. The van der Waals surface area contributed by atoms with Gasteiger partial charge in [-0.15, -0.1) is 5.60 Å². The zero-order valence-corrected chi connectivity index (χ0v) is 8.52. The average molecular weight is 168 g/mol. The van der Waals surface area contributed by atoms with Gasteiger partial charge < -0.3 is 5.11 Å². The van der Waals surface area contributed by atoms with Gasteiger partial charge in [0.2, 0.25) is 0 Å². The van der Waals surface area contributed by atoms with Crippen LogP contribution in [-0.4, -0.2) is 5.60 Å². The van der Waals surface area contributed by atoms with Crippen LogP contribution >= 0.6 is 0 Å². The third-order valence-corrected chi connectivity index (χ3v) is 3.82. The molecule has 0 aromatic rings. The molecule has 1 radical (unpaired) electrons. The lowest BCUT2D eigenvalue weighted by Gasteiger charge is -2.50. The zero-order chi connectivity index (χ0) is 9.41. The van der Waals surface area contributed by atoms with Gasteiger partial charge in [-0.1, -0.05) is 46.5 Å². The minimum Gasteiger partial charge on any atom is -0.849 e. The quantitative estimate of drug-likeness (QED) is 0.619. The Morgan fingerprint density at radius 1 is 1.50 bits per heavy atom. The minimum atomic E-state index is -0.803. The smallest absolute Gasteiger partial charge is 0.0422 e. The summed E-state index contributed by atoms with van der Waals surface area (Å²) in [6, 6.07) is 0. The van der Waals surface area contributed by atoms with Crippen molar-refractivity contribution in [3.05, 3.63) is 6.92 Å². The second-order valence-corrected chi connectivity index (χ2v) is 4.65. The maximum absolute atomic E-state index is 12.2. The predicted octanol–water partition coefficient (Wildman–Crippen LogP) is 2.16. The Balaban J connectivity index is 2.78. The van der Waals surface area contributed by atoms with Crippen LogP contribution in [0.2, 0.25) is 0 Å². The first-order valence-corrected chi connectivity index (χ1v) is 4.97. The van der Waals surface area contributed by atoms with E-state index in [0.29, 0.717) is 0 Å². The highest BCUT2D eigenvalue weighted by atomic mass is 16.3. The fourth-order valence-corrected chi connectivity index (χ4v) is 2.43. The van der Waals surface area contributed by atoms with E-state index in [2.05, 4.69) is 20.8 Å². The van der Waals surface area contributed by atoms with Crippen molar-refractivity contribution in [3.8, 4) is 0 Å². The molecule has 0 heterocycles. The molecule has 1 fully saturated rings. The van der Waals surface area contributed by atoms with Crippen molar-refractivity contribution in [1.82, 2.24) is 0 Å². The lowest BCUT2D eigenvalue weighted by atomic mass is 9.72. The van der Waals surface area contributed by atoms with Crippen molar-refractivity contribution < 1.29 is 5.11 Å². The number of hydrogen-bond donors (Lipinski definition) is 0. The van der Waals surface area contributed by atoms with Gasteiger partial charge in [0.05, 0.1) is 0 Å². The van der Waals surface area contributed by atoms with E-state index in [1.165, 1.54) is 0 Å². The van der Waals surface area contributed by atoms with E-state index in [4.69, 9.17) is 0 Å². The number of rotatable bonds is 2. The van der Waals surface area contributed by atoms with Crippen molar-refractivity contribution in [1.29, 1.82) is 0 Å². The summed E-state index contributed by atoms with van der Waals surface area (Å²) in [5.41, 5.74) is -0.808. The maximum atomic E-state index is 12.2. The molecule has 0 aromatic heterocycles. The monoisotopic (exact) mass is 168 g/mol. The van der Waals surface area contributed by atoms with Crippen LogP contribution in [0.3, 0.4) is 0 Å². The highest BCUT2D eigenvalue weighted by Crippen LogP contribution is 2.50. The van der Waals surface area contributed by atoms with Crippen LogP contribution < -0.4 is 5.11 Å². The Hall–Kier alpha value is -0.0400. The Labute approximate surface area is 76.2 Å². The molecule has 3 atom stereocenters. The molecule has 0 aliphatic heterocycles. The van der Waals surface area contributed by atoms with Crippen LogP contribution in [-0.2, 0) is 0 Å². The van der Waals surface area contributed by atoms with Crippen molar-refractivity contribution in [2.45, 2.75) is 52.1 Å². The summed E-state index contributed by atoms with van der Waals surface area (Å²) in [5.74, 6) is 0.106. The van der Waals surface area contributed by atoms with Crippen molar-refractivity contribution in [2.24, 2.45) is 11.3 Å². The summed E-state index contributed by atoms with van der Waals surface area (Å²) < 4.78 is 0. The second-order valence-electron chi connectivity index (χ2n) is 4.65. The van der Waals surface area contributed by atoms with Gasteiger partial charge in [-0.2, -0.15) is 0 Å². The van der Waals surface area contributed by atoms with Gasteiger partial charge in [-0.3, -0.25) is 0 Å². The Bertz CT molecular complexity index is 158. The van der Waals surface area contributed by atoms with E-state index in [9.17, 15) is 5.11 Å². The van der Waals surface area contributed by atoms with E-state index in [1.54, 1.807) is 0 Å². The molecule has 1 nitrogen and oxygen atoms in total. The summed E-state index contributed by atoms with van der Waals surface area (Å²) in [4.78, 5) is 0. The molecular formula is C11H20O-. The zero-order valence-electron chi connectivity index (χ0n) is 8.52. The van der Waals surface area contributed by atoms with Gasteiger partial charge in [0.1, 0.15) is 0 Å². The van der Waals surface area contributed by atoms with Crippen LogP contribution in [0.4, 0.5) is 0 Å².